The molecule has 6 nitrogen and oxygen atoms in total. The van der Waals surface area contributed by atoms with Gasteiger partial charge in [0.2, 0.25) is 5.91 Å². The van der Waals surface area contributed by atoms with Crippen molar-refractivity contribution in [2.75, 3.05) is 19.1 Å². The molecule has 2 aliphatic rings. The van der Waals surface area contributed by atoms with E-state index in [1.807, 2.05) is 73.4 Å². The molecule has 1 amide bonds. The summed E-state index contributed by atoms with van der Waals surface area (Å²) in [5.41, 5.74) is 3.12. The zero-order valence-corrected chi connectivity index (χ0v) is 20.6. The highest BCUT2D eigenvalue weighted by molar-refractivity contribution is 5.96. The van der Waals surface area contributed by atoms with Crippen LogP contribution in [0.4, 0.5) is 5.69 Å². The molecule has 1 heterocycles. The Morgan fingerprint density at radius 1 is 1.14 bits per heavy atom. The average molecular weight is 474 g/mol. The molecule has 182 valence electrons. The van der Waals surface area contributed by atoms with Crippen molar-refractivity contribution in [3.05, 3.63) is 77.4 Å². The van der Waals surface area contributed by atoms with Gasteiger partial charge in [-0.1, -0.05) is 48.6 Å². The van der Waals surface area contributed by atoms with E-state index < -0.39 is 11.6 Å². The molecule has 0 atom stereocenters. The van der Waals surface area contributed by atoms with Crippen LogP contribution < -0.4 is 14.4 Å². The van der Waals surface area contributed by atoms with Crippen molar-refractivity contribution in [2.24, 2.45) is 5.92 Å². The normalized spacial score (nSPS) is 16.1. The molecule has 4 rings (SSSR count). The number of amides is 1. The number of ether oxygens (including phenoxy) is 3. The molecule has 1 aliphatic heterocycles. The molecule has 0 spiro atoms. The lowest BCUT2D eigenvalue weighted by molar-refractivity contribution is -0.134. The first kappa shape index (κ1) is 24.3. The van der Waals surface area contributed by atoms with Gasteiger partial charge in [-0.15, -0.1) is 0 Å². The summed E-state index contributed by atoms with van der Waals surface area (Å²) in [7, 11) is 2.97. The van der Waals surface area contributed by atoms with E-state index in [2.05, 4.69) is 4.74 Å². The molecule has 0 radical (unpaired) electrons. The fourth-order valence-electron chi connectivity index (χ4n) is 3.97. The fraction of sp³-hybridized carbons (Fsp3) is 0.310. The number of fused-ring (bicyclic) bond motifs is 1. The van der Waals surface area contributed by atoms with Crippen LogP contribution in [0.25, 0.3) is 12.2 Å². The van der Waals surface area contributed by atoms with Gasteiger partial charge in [-0.25, -0.2) is 4.79 Å². The summed E-state index contributed by atoms with van der Waals surface area (Å²) in [4.78, 5) is 26.4. The van der Waals surface area contributed by atoms with Crippen LogP contribution in [0, 0.1) is 5.92 Å². The molecule has 0 saturated heterocycles. The number of methoxy groups -OCH3 is 2. The van der Waals surface area contributed by atoms with Gasteiger partial charge in [-0.05, 0) is 50.5 Å². The number of nitrogens with zero attached hydrogens (tertiary/aromatic N) is 1. The van der Waals surface area contributed by atoms with Crippen molar-refractivity contribution < 1.29 is 23.8 Å². The second-order valence-electron chi connectivity index (χ2n) is 9.25. The van der Waals surface area contributed by atoms with Crippen molar-refractivity contribution in [1.29, 1.82) is 0 Å². The Kier molecular flexibility index (Phi) is 7.10. The van der Waals surface area contributed by atoms with E-state index in [1.54, 1.807) is 19.3 Å². The second kappa shape index (κ2) is 10.2. The number of hydrogen-bond acceptors (Lipinski definition) is 5. The van der Waals surface area contributed by atoms with Crippen molar-refractivity contribution in [3.63, 3.8) is 0 Å². The molecule has 1 saturated carbocycles. The van der Waals surface area contributed by atoms with E-state index in [-0.39, 0.29) is 11.8 Å². The van der Waals surface area contributed by atoms with Crippen LogP contribution in [0.15, 0.2) is 60.7 Å². The number of allylic oxidation sites excluding steroid dienone is 2. The Hall–Kier alpha value is -3.80. The lowest BCUT2D eigenvalue weighted by atomic mass is 9.99. The summed E-state index contributed by atoms with van der Waals surface area (Å²) in [5.74, 6) is 1.10. The first-order valence-electron chi connectivity index (χ1n) is 11.7. The van der Waals surface area contributed by atoms with Crippen molar-refractivity contribution in [1.82, 2.24) is 0 Å². The predicted octanol–water partition coefficient (Wildman–Crippen LogP) is 5.57. The number of carbonyl (C=O) groups is 2. The number of rotatable bonds is 8. The summed E-state index contributed by atoms with van der Waals surface area (Å²) in [6, 6.07) is 11.8. The molecular formula is C29H31NO5. The monoisotopic (exact) mass is 473 g/mol. The minimum absolute atomic E-state index is 0.0546. The van der Waals surface area contributed by atoms with E-state index in [4.69, 9.17) is 9.47 Å². The quantitative estimate of drug-likeness (QED) is 0.285. The van der Waals surface area contributed by atoms with E-state index in [9.17, 15) is 9.59 Å². The fourth-order valence-corrected chi connectivity index (χ4v) is 3.97. The summed E-state index contributed by atoms with van der Waals surface area (Å²) in [6.45, 7) is 4.37. The van der Waals surface area contributed by atoms with Crippen molar-refractivity contribution >= 4 is 29.7 Å². The molecule has 2 aromatic carbocycles. The number of esters is 1. The molecule has 2 aromatic rings. The molecule has 35 heavy (non-hydrogen) atoms. The summed E-state index contributed by atoms with van der Waals surface area (Å²) >= 11 is 0. The van der Waals surface area contributed by atoms with Crippen LogP contribution in [-0.4, -0.2) is 31.7 Å². The highest BCUT2D eigenvalue weighted by Gasteiger charge is 2.35. The SMILES string of the molecule is COC(=O)/C=C/C=C/c1cccc(N(Cc2ccc3c(c2OC)OC(C)(C)C=C3)C(=O)C2CC2)c1. The first-order chi connectivity index (χ1) is 16.8. The average Bonchev–Trinajstić information content (AvgIpc) is 3.69. The van der Waals surface area contributed by atoms with Crippen molar-refractivity contribution in [2.45, 2.75) is 38.8 Å². The van der Waals surface area contributed by atoms with Crippen molar-refractivity contribution in [3.8, 4) is 11.5 Å². The van der Waals surface area contributed by atoms with Gasteiger partial charge in [0.25, 0.3) is 0 Å². The van der Waals surface area contributed by atoms with Crippen LogP contribution in [-0.2, 0) is 20.9 Å². The van der Waals surface area contributed by atoms with Crippen LogP contribution in [0.3, 0.4) is 0 Å². The van der Waals surface area contributed by atoms with Gasteiger partial charge >= 0.3 is 5.97 Å². The number of anilines is 1. The number of carbonyl (C=O) groups excluding carboxylic acids is 2. The van der Waals surface area contributed by atoms with Gasteiger partial charge < -0.3 is 19.1 Å². The number of hydrogen-bond donors (Lipinski definition) is 0. The van der Waals surface area contributed by atoms with E-state index in [1.165, 1.54) is 13.2 Å². The summed E-state index contributed by atoms with van der Waals surface area (Å²) in [6.07, 6.45) is 12.5. The van der Waals surface area contributed by atoms with E-state index >= 15 is 0 Å². The van der Waals surface area contributed by atoms with Gasteiger partial charge in [0.05, 0.1) is 20.8 Å². The minimum atomic E-state index is -0.439. The van der Waals surface area contributed by atoms with E-state index in [0.717, 1.165) is 35.2 Å². The third-order valence-electron chi connectivity index (χ3n) is 5.99. The zero-order valence-electron chi connectivity index (χ0n) is 20.6. The largest absolute Gasteiger partial charge is 0.492 e. The van der Waals surface area contributed by atoms with Gasteiger partial charge in [-0.2, -0.15) is 0 Å². The maximum atomic E-state index is 13.3. The smallest absolute Gasteiger partial charge is 0.330 e. The maximum Gasteiger partial charge on any atom is 0.330 e. The first-order valence-corrected chi connectivity index (χ1v) is 11.7. The predicted molar refractivity (Wildman–Crippen MR) is 137 cm³/mol. The van der Waals surface area contributed by atoms with Gasteiger partial charge in [0.15, 0.2) is 11.5 Å². The summed E-state index contributed by atoms with van der Waals surface area (Å²) in [5, 5.41) is 0. The third kappa shape index (κ3) is 5.83. The molecule has 1 fully saturated rings. The Bertz CT molecular complexity index is 1200. The third-order valence-corrected chi connectivity index (χ3v) is 5.99. The molecular weight excluding hydrogens is 442 g/mol. The lowest BCUT2D eigenvalue weighted by Crippen LogP contribution is -2.32. The lowest BCUT2D eigenvalue weighted by Gasteiger charge is -2.31. The molecule has 0 aromatic heterocycles. The molecule has 0 N–H and O–H groups in total. The highest BCUT2D eigenvalue weighted by Crippen LogP contribution is 2.42. The van der Waals surface area contributed by atoms with Crippen LogP contribution >= 0.6 is 0 Å². The number of benzene rings is 2. The maximum absolute atomic E-state index is 13.3. The Morgan fingerprint density at radius 2 is 1.94 bits per heavy atom. The highest BCUT2D eigenvalue weighted by atomic mass is 16.5. The van der Waals surface area contributed by atoms with Gasteiger partial charge in [0, 0.05) is 28.8 Å². The molecule has 0 bridgehead atoms. The molecule has 6 heteroatoms. The van der Waals surface area contributed by atoms with Gasteiger partial charge in [-0.3, -0.25) is 4.79 Å². The minimum Gasteiger partial charge on any atom is -0.492 e. The Morgan fingerprint density at radius 3 is 2.66 bits per heavy atom. The van der Waals surface area contributed by atoms with Crippen LogP contribution in [0.1, 0.15) is 43.4 Å². The molecule has 0 unspecified atom stereocenters. The van der Waals surface area contributed by atoms with Crippen LogP contribution in [0.5, 0.6) is 11.5 Å². The molecule has 1 aliphatic carbocycles. The standard InChI is InChI=1S/C29H31NO5/c1-29(2)17-16-21-12-15-23(26(34-4)27(21)35-29)19-30(28(32)22-13-14-22)24-10-7-9-20(18-24)8-5-6-11-25(31)33-3/h5-12,15-18,22H,13-14,19H2,1-4H3/b8-5+,11-6+. The Balaban J connectivity index is 1.64. The topological polar surface area (TPSA) is 65.1 Å². The Labute approximate surface area is 206 Å². The second-order valence-corrected chi connectivity index (χ2v) is 9.25. The van der Waals surface area contributed by atoms with Crippen LogP contribution in [0.2, 0.25) is 0 Å². The van der Waals surface area contributed by atoms with E-state index in [0.29, 0.717) is 18.0 Å². The zero-order chi connectivity index (χ0) is 25.0. The van der Waals surface area contributed by atoms with Gasteiger partial charge in [0.1, 0.15) is 5.60 Å². The summed E-state index contributed by atoms with van der Waals surface area (Å²) < 4.78 is 16.6.